The lowest BCUT2D eigenvalue weighted by atomic mass is 9.99. The van der Waals surface area contributed by atoms with Gasteiger partial charge >= 0.3 is 0 Å². The van der Waals surface area contributed by atoms with Crippen LogP contribution in [0.1, 0.15) is 36.8 Å². The van der Waals surface area contributed by atoms with Gasteiger partial charge in [-0.15, -0.1) is 5.10 Å². The number of aromatic nitrogens is 5. The molecule has 9 nitrogen and oxygen atoms in total. The maximum Gasteiger partial charge on any atom is 0.252 e. The van der Waals surface area contributed by atoms with Gasteiger partial charge in [0.05, 0.1) is 31.8 Å². The fourth-order valence-corrected chi connectivity index (χ4v) is 4.41. The van der Waals surface area contributed by atoms with Gasteiger partial charge in [0.15, 0.2) is 5.82 Å². The number of nitrogens with zero attached hydrogens (tertiary/aromatic N) is 5. The Morgan fingerprint density at radius 2 is 1.86 bits per heavy atom. The van der Waals surface area contributed by atoms with E-state index in [1.807, 2.05) is 18.2 Å². The Labute approximate surface area is 208 Å². The largest absolute Gasteiger partial charge is 0.497 e. The summed E-state index contributed by atoms with van der Waals surface area (Å²) in [7, 11) is 3.22. The van der Waals surface area contributed by atoms with Gasteiger partial charge in [0.2, 0.25) is 0 Å². The van der Waals surface area contributed by atoms with Gasteiger partial charge in [-0.2, -0.15) is 0 Å². The van der Waals surface area contributed by atoms with Gasteiger partial charge in [0.25, 0.3) is 5.56 Å². The Morgan fingerprint density at radius 1 is 1.08 bits per heavy atom. The van der Waals surface area contributed by atoms with E-state index in [9.17, 15) is 9.18 Å². The highest BCUT2D eigenvalue weighted by atomic mass is 19.1. The van der Waals surface area contributed by atoms with Crippen molar-refractivity contribution in [1.29, 1.82) is 0 Å². The van der Waals surface area contributed by atoms with Crippen molar-refractivity contribution in [2.45, 2.75) is 39.5 Å². The molecule has 0 saturated carbocycles. The molecule has 190 valence electrons. The summed E-state index contributed by atoms with van der Waals surface area (Å²) in [6.45, 7) is 5.97. The van der Waals surface area contributed by atoms with Gasteiger partial charge in [-0.05, 0) is 57.6 Å². The first kappa shape index (κ1) is 25.5. The third-order valence-electron chi connectivity index (χ3n) is 6.16. The van der Waals surface area contributed by atoms with Crippen LogP contribution in [0.5, 0.6) is 5.75 Å². The molecule has 36 heavy (non-hydrogen) atoms. The summed E-state index contributed by atoms with van der Waals surface area (Å²) in [5.41, 5.74) is 2.05. The van der Waals surface area contributed by atoms with Crippen molar-refractivity contribution in [2.24, 2.45) is 5.92 Å². The molecule has 1 N–H and O–H groups in total. The van der Waals surface area contributed by atoms with Crippen molar-refractivity contribution in [3.05, 3.63) is 81.7 Å². The third-order valence-corrected chi connectivity index (χ3v) is 6.16. The van der Waals surface area contributed by atoms with E-state index in [2.05, 4.69) is 39.3 Å². The molecule has 0 aliphatic heterocycles. The summed E-state index contributed by atoms with van der Waals surface area (Å²) >= 11 is 0. The topological polar surface area (TPSA) is 98.2 Å². The van der Waals surface area contributed by atoms with E-state index < -0.39 is 0 Å². The number of hydrogen-bond donors (Lipinski definition) is 1. The van der Waals surface area contributed by atoms with Gasteiger partial charge in [-0.1, -0.05) is 26.0 Å². The summed E-state index contributed by atoms with van der Waals surface area (Å²) in [6.07, 6.45) is 0. The van der Waals surface area contributed by atoms with E-state index in [1.165, 1.54) is 12.1 Å². The van der Waals surface area contributed by atoms with Gasteiger partial charge in [-0.25, -0.2) is 9.07 Å². The molecule has 2 aromatic carbocycles. The van der Waals surface area contributed by atoms with E-state index >= 15 is 0 Å². The minimum absolute atomic E-state index is 0.113. The fraction of sp³-hybridized carbons (Fsp3) is 0.385. The van der Waals surface area contributed by atoms with Crippen molar-refractivity contribution >= 4 is 10.9 Å². The van der Waals surface area contributed by atoms with Crippen LogP contribution in [0, 0.1) is 11.7 Å². The standard InChI is InChI=1S/C26H31FN6O3/c1-17(2)24(25-29-30-31-33(25)11-12-35-3)32(15-18-5-8-21(27)9-6-18)16-20-13-19-7-10-22(36-4)14-23(19)28-26(20)34/h5-10,13-14,17,24H,11-12,15-16H2,1-4H3,(H,28,34)/t24-/m1/s1. The number of halogens is 1. The van der Waals surface area contributed by atoms with Crippen LogP contribution in [0.3, 0.4) is 0 Å². The lowest BCUT2D eigenvalue weighted by Gasteiger charge is -2.33. The zero-order chi connectivity index (χ0) is 25.7. The minimum atomic E-state index is -0.296. The van der Waals surface area contributed by atoms with Crippen LogP contribution in [0.15, 0.2) is 53.3 Å². The summed E-state index contributed by atoms with van der Waals surface area (Å²) in [5, 5.41) is 13.3. The number of rotatable bonds is 11. The first-order chi connectivity index (χ1) is 17.4. The van der Waals surface area contributed by atoms with Crippen LogP contribution in [0.4, 0.5) is 4.39 Å². The fourth-order valence-electron chi connectivity index (χ4n) is 4.41. The normalized spacial score (nSPS) is 12.5. The highest BCUT2D eigenvalue weighted by Crippen LogP contribution is 2.30. The second kappa shape index (κ2) is 11.4. The van der Waals surface area contributed by atoms with Crippen molar-refractivity contribution < 1.29 is 13.9 Å². The van der Waals surface area contributed by atoms with Crippen LogP contribution in [-0.4, -0.2) is 50.9 Å². The average molecular weight is 495 g/mol. The van der Waals surface area contributed by atoms with Gasteiger partial charge in [-0.3, -0.25) is 9.69 Å². The van der Waals surface area contributed by atoms with Crippen molar-refractivity contribution in [3.63, 3.8) is 0 Å². The maximum atomic E-state index is 13.6. The molecule has 0 amide bonds. The van der Waals surface area contributed by atoms with Gasteiger partial charge < -0.3 is 14.5 Å². The molecule has 0 spiro atoms. The maximum absolute atomic E-state index is 13.6. The molecule has 0 unspecified atom stereocenters. The summed E-state index contributed by atoms with van der Waals surface area (Å²) < 4.78 is 25.8. The number of H-pyrrole nitrogens is 1. The Kier molecular flexibility index (Phi) is 8.07. The van der Waals surface area contributed by atoms with Crippen LogP contribution >= 0.6 is 0 Å². The molecule has 0 radical (unpaired) electrons. The Bertz CT molecular complexity index is 1350. The zero-order valence-electron chi connectivity index (χ0n) is 20.9. The monoisotopic (exact) mass is 494 g/mol. The Hall–Kier alpha value is -3.63. The Balaban J connectivity index is 1.75. The first-order valence-electron chi connectivity index (χ1n) is 11.8. The molecule has 2 heterocycles. The van der Waals surface area contributed by atoms with E-state index in [0.29, 0.717) is 48.9 Å². The number of fused-ring (bicyclic) bond motifs is 1. The molecule has 4 aromatic rings. The number of benzene rings is 2. The van der Waals surface area contributed by atoms with Gasteiger partial charge in [0, 0.05) is 31.8 Å². The lowest BCUT2D eigenvalue weighted by Crippen LogP contribution is -2.35. The Morgan fingerprint density at radius 3 is 2.56 bits per heavy atom. The highest BCUT2D eigenvalue weighted by molar-refractivity contribution is 5.80. The quantitative estimate of drug-likeness (QED) is 0.339. The molecule has 10 heteroatoms. The molecule has 0 fully saturated rings. The minimum Gasteiger partial charge on any atom is -0.497 e. The predicted octanol–water partition coefficient (Wildman–Crippen LogP) is 3.71. The van der Waals surface area contributed by atoms with Crippen LogP contribution in [0.2, 0.25) is 0 Å². The van der Waals surface area contributed by atoms with Crippen LogP contribution in [-0.2, 0) is 24.4 Å². The number of pyridine rings is 1. The van der Waals surface area contributed by atoms with E-state index in [0.717, 1.165) is 10.9 Å². The first-order valence-corrected chi connectivity index (χ1v) is 11.8. The second-order valence-corrected chi connectivity index (χ2v) is 9.05. The number of hydrogen-bond acceptors (Lipinski definition) is 7. The lowest BCUT2D eigenvalue weighted by molar-refractivity contribution is 0.121. The molecule has 4 rings (SSSR count). The summed E-state index contributed by atoms with van der Waals surface area (Å²) in [6, 6.07) is 13.7. The number of ether oxygens (including phenoxy) is 2. The SMILES string of the molecule is COCCn1nnnc1[C@@H](C(C)C)N(Cc1ccc(F)cc1)Cc1cc2ccc(OC)cc2[nH]c1=O. The molecule has 0 saturated heterocycles. The summed E-state index contributed by atoms with van der Waals surface area (Å²) in [5.74, 6) is 1.18. The van der Waals surface area contributed by atoms with E-state index in [1.54, 1.807) is 37.1 Å². The molecular weight excluding hydrogens is 463 g/mol. The number of methoxy groups -OCH3 is 2. The van der Waals surface area contributed by atoms with Crippen LogP contribution in [0.25, 0.3) is 10.9 Å². The molecule has 0 bridgehead atoms. The van der Waals surface area contributed by atoms with Crippen LogP contribution < -0.4 is 10.3 Å². The number of nitrogens with one attached hydrogen (secondary N) is 1. The van der Waals surface area contributed by atoms with Crippen molar-refractivity contribution in [3.8, 4) is 5.75 Å². The van der Waals surface area contributed by atoms with Crippen molar-refractivity contribution in [2.75, 3.05) is 20.8 Å². The third kappa shape index (κ3) is 5.77. The number of aromatic amines is 1. The highest BCUT2D eigenvalue weighted by Gasteiger charge is 2.30. The average Bonchev–Trinajstić information content (AvgIpc) is 3.31. The smallest absolute Gasteiger partial charge is 0.252 e. The molecule has 2 aromatic heterocycles. The van der Waals surface area contributed by atoms with Gasteiger partial charge in [0.1, 0.15) is 11.6 Å². The molecule has 0 aliphatic rings. The summed E-state index contributed by atoms with van der Waals surface area (Å²) in [4.78, 5) is 18.3. The molecule has 0 aliphatic carbocycles. The second-order valence-electron chi connectivity index (χ2n) is 9.05. The number of tetrazole rings is 1. The molecule has 1 atom stereocenters. The molecular formula is C26H31FN6O3. The van der Waals surface area contributed by atoms with E-state index in [-0.39, 0.29) is 23.3 Å². The van der Waals surface area contributed by atoms with Crippen molar-refractivity contribution in [1.82, 2.24) is 30.1 Å². The predicted molar refractivity (Wildman–Crippen MR) is 134 cm³/mol. The zero-order valence-corrected chi connectivity index (χ0v) is 20.9. The van der Waals surface area contributed by atoms with E-state index in [4.69, 9.17) is 9.47 Å².